The summed E-state index contributed by atoms with van der Waals surface area (Å²) in [6.45, 7) is 2.08. The van der Waals surface area contributed by atoms with E-state index in [9.17, 15) is 24.3 Å². The Balaban J connectivity index is 1.54. The predicted molar refractivity (Wildman–Crippen MR) is 142 cm³/mol. The Morgan fingerprint density at radius 3 is 2.21 bits per heavy atom. The second-order valence-corrected chi connectivity index (χ2v) is 8.44. The van der Waals surface area contributed by atoms with E-state index in [1.807, 2.05) is 48.5 Å². The van der Waals surface area contributed by atoms with Gasteiger partial charge in [-0.15, -0.1) is 0 Å². The van der Waals surface area contributed by atoms with Gasteiger partial charge in [-0.2, -0.15) is 0 Å². The van der Waals surface area contributed by atoms with Crippen LogP contribution in [0, 0.1) is 0 Å². The second kappa shape index (κ2) is 14.0. The number of hydrogen-bond acceptors (Lipinski definition) is 5. The number of hydrogen-bond donors (Lipinski definition) is 5. The molecule has 38 heavy (non-hydrogen) atoms. The standard InChI is InChI=1S/C28H30N4O6/c1-19(33)29-14-15-30-27(36)31-24-9-5-8-23(17-24)22-12-10-20(11-13-22)16-25(26(34)35)32-28(37)38-18-21-6-3-2-4-7-21/h2-13,17,25H,14-16,18H2,1H3,(H,29,33)(H,32,37)(H,34,35)(H2,30,31,36)/t25-/m0/s1. The van der Waals surface area contributed by atoms with Crippen LogP contribution < -0.4 is 21.3 Å². The number of carboxylic acids is 1. The maximum Gasteiger partial charge on any atom is 0.408 e. The summed E-state index contributed by atoms with van der Waals surface area (Å²) in [4.78, 5) is 46.8. The zero-order chi connectivity index (χ0) is 27.3. The molecule has 0 aromatic heterocycles. The first-order valence-electron chi connectivity index (χ1n) is 12.0. The Morgan fingerprint density at radius 2 is 1.53 bits per heavy atom. The van der Waals surface area contributed by atoms with Gasteiger partial charge in [0.25, 0.3) is 0 Å². The number of aliphatic carboxylic acids is 1. The number of ether oxygens (including phenoxy) is 1. The highest BCUT2D eigenvalue weighted by Crippen LogP contribution is 2.23. The minimum absolute atomic E-state index is 0.0420. The summed E-state index contributed by atoms with van der Waals surface area (Å²) in [6.07, 6.45) is -0.725. The van der Waals surface area contributed by atoms with Crippen molar-refractivity contribution in [2.45, 2.75) is 26.0 Å². The molecule has 0 aliphatic rings. The molecule has 5 N–H and O–H groups in total. The number of urea groups is 1. The fraction of sp³-hybridized carbons (Fsp3) is 0.214. The Morgan fingerprint density at radius 1 is 0.816 bits per heavy atom. The topological polar surface area (TPSA) is 146 Å². The third-order valence-electron chi connectivity index (χ3n) is 5.43. The highest BCUT2D eigenvalue weighted by molar-refractivity contribution is 5.90. The fourth-order valence-electron chi connectivity index (χ4n) is 3.54. The van der Waals surface area contributed by atoms with E-state index in [0.717, 1.165) is 22.3 Å². The van der Waals surface area contributed by atoms with E-state index in [0.29, 0.717) is 18.8 Å². The molecule has 3 rings (SSSR count). The molecule has 0 aliphatic carbocycles. The third kappa shape index (κ3) is 9.30. The second-order valence-electron chi connectivity index (χ2n) is 8.44. The van der Waals surface area contributed by atoms with Gasteiger partial charge in [0.15, 0.2) is 0 Å². The lowest BCUT2D eigenvalue weighted by Crippen LogP contribution is -2.42. The van der Waals surface area contributed by atoms with Crippen molar-refractivity contribution in [2.24, 2.45) is 0 Å². The Bertz CT molecular complexity index is 1250. The van der Waals surface area contributed by atoms with Gasteiger partial charge in [0.2, 0.25) is 5.91 Å². The van der Waals surface area contributed by atoms with Crippen LogP contribution in [0.15, 0.2) is 78.9 Å². The first-order valence-corrected chi connectivity index (χ1v) is 12.0. The minimum atomic E-state index is -1.17. The first-order chi connectivity index (χ1) is 18.3. The van der Waals surface area contributed by atoms with Gasteiger partial charge in [0.05, 0.1) is 0 Å². The van der Waals surface area contributed by atoms with Crippen LogP contribution in [-0.4, -0.2) is 48.2 Å². The van der Waals surface area contributed by atoms with Crippen LogP contribution in [0.1, 0.15) is 18.1 Å². The van der Waals surface area contributed by atoms with Gasteiger partial charge in [0, 0.05) is 32.1 Å². The van der Waals surface area contributed by atoms with Gasteiger partial charge in [0.1, 0.15) is 12.6 Å². The number of carbonyl (C=O) groups is 4. The molecule has 0 saturated carbocycles. The highest BCUT2D eigenvalue weighted by atomic mass is 16.5. The number of anilines is 1. The predicted octanol–water partition coefficient (Wildman–Crippen LogP) is 3.53. The maximum atomic E-state index is 12.1. The minimum Gasteiger partial charge on any atom is -0.480 e. The average Bonchev–Trinajstić information content (AvgIpc) is 2.90. The number of amides is 4. The summed E-state index contributed by atoms with van der Waals surface area (Å²) >= 11 is 0. The van der Waals surface area contributed by atoms with Crippen LogP contribution >= 0.6 is 0 Å². The van der Waals surface area contributed by atoms with Crippen molar-refractivity contribution in [3.05, 3.63) is 90.0 Å². The van der Waals surface area contributed by atoms with Crippen LogP contribution in [0.25, 0.3) is 11.1 Å². The van der Waals surface area contributed by atoms with Crippen molar-refractivity contribution in [3.8, 4) is 11.1 Å². The summed E-state index contributed by atoms with van der Waals surface area (Å²) in [5.74, 6) is -1.33. The quantitative estimate of drug-likeness (QED) is 0.246. The van der Waals surface area contributed by atoms with Crippen LogP contribution in [0.2, 0.25) is 0 Å². The monoisotopic (exact) mass is 518 g/mol. The van der Waals surface area contributed by atoms with Crippen LogP contribution in [0.4, 0.5) is 15.3 Å². The number of carbonyl (C=O) groups excluding carboxylic acids is 3. The molecule has 0 radical (unpaired) electrons. The molecule has 0 saturated heterocycles. The van der Waals surface area contributed by atoms with E-state index in [1.165, 1.54) is 6.92 Å². The van der Waals surface area contributed by atoms with E-state index in [2.05, 4.69) is 21.3 Å². The summed E-state index contributed by atoms with van der Waals surface area (Å²) < 4.78 is 5.13. The molecular formula is C28H30N4O6. The molecule has 4 amide bonds. The molecule has 0 heterocycles. The molecule has 0 unspecified atom stereocenters. The zero-order valence-electron chi connectivity index (χ0n) is 20.9. The normalized spacial score (nSPS) is 11.1. The lowest BCUT2D eigenvalue weighted by atomic mass is 10.0. The number of rotatable bonds is 11. The maximum absolute atomic E-state index is 12.1. The molecule has 198 valence electrons. The molecular weight excluding hydrogens is 488 g/mol. The van der Waals surface area contributed by atoms with E-state index in [4.69, 9.17) is 4.74 Å². The molecule has 0 spiro atoms. The number of nitrogens with one attached hydrogen (secondary N) is 4. The van der Waals surface area contributed by atoms with E-state index < -0.39 is 24.1 Å². The van der Waals surface area contributed by atoms with Crippen molar-refractivity contribution in [2.75, 3.05) is 18.4 Å². The van der Waals surface area contributed by atoms with Gasteiger partial charge < -0.3 is 31.1 Å². The SMILES string of the molecule is CC(=O)NCCNC(=O)Nc1cccc(-c2ccc(C[C@H](NC(=O)OCc3ccccc3)C(=O)O)cc2)c1. The third-order valence-corrected chi connectivity index (χ3v) is 5.43. The van der Waals surface area contributed by atoms with E-state index in [-0.39, 0.29) is 18.9 Å². The van der Waals surface area contributed by atoms with E-state index in [1.54, 1.807) is 30.3 Å². The molecule has 3 aromatic carbocycles. The van der Waals surface area contributed by atoms with Crippen molar-refractivity contribution >= 4 is 29.7 Å². The highest BCUT2D eigenvalue weighted by Gasteiger charge is 2.21. The molecule has 0 fully saturated rings. The van der Waals surface area contributed by atoms with Gasteiger partial charge in [-0.1, -0.05) is 66.7 Å². The van der Waals surface area contributed by atoms with Crippen molar-refractivity contribution in [1.82, 2.24) is 16.0 Å². The Hall–Kier alpha value is -4.86. The molecule has 0 aliphatic heterocycles. The number of alkyl carbamates (subject to hydrolysis) is 1. The molecule has 3 aromatic rings. The van der Waals surface area contributed by atoms with Crippen LogP contribution in [0.3, 0.4) is 0 Å². The van der Waals surface area contributed by atoms with Gasteiger partial charge >= 0.3 is 18.1 Å². The summed E-state index contributed by atoms with van der Waals surface area (Å²) in [5, 5.41) is 20.0. The Labute approximate surface area is 220 Å². The van der Waals surface area contributed by atoms with Crippen molar-refractivity contribution in [1.29, 1.82) is 0 Å². The van der Waals surface area contributed by atoms with Crippen LogP contribution in [-0.2, 0) is 27.4 Å². The number of carboxylic acid groups (broad SMARTS) is 1. The Kier molecular flexibility index (Phi) is 10.2. The summed E-state index contributed by atoms with van der Waals surface area (Å²) in [6, 6.07) is 22.1. The molecule has 1 atom stereocenters. The van der Waals surface area contributed by atoms with Crippen molar-refractivity contribution in [3.63, 3.8) is 0 Å². The van der Waals surface area contributed by atoms with Gasteiger partial charge in [-0.05, 0) is 34.4 Å². The zero-order valence-corrected chi connectivity index (χ0v) is 20.9. The summed E-state index contributed by atoms with van der Waals surface area (Å²) in [5.41, 5.74) is 3.83. The first kappa shape index (κ1) is 27.7. The number of benzene rings is 3. The lowest BCUT2D eigenvalue weighted by molar-refractivity contribution is -0.139. The smallest absolute Gasteiger partial charge is 0.408 e. The molecule has 10 nitrogen and oxygen atoms in total. The molecule has 0 bridgehead atoms. The fourth-order valence-corrected chi connectivity index (χ4v) is 3.54. The van der Waals surface area contributed by atoms with Crippen LogP contribution in [0.5, 0.6) is 0 Å². The largest absolute Gasteiger partial charge is 0.480 e. The average molecular weight is 519 g/mol. The lowest BCUT2D eigenvalue weighted by Gasteiger charge is -2.15. The van der Waals surface area contributed by atoms with Gasteiger partial charge in [-0.3, -0.25) is 4.79 Å². The van der Waals surface area contributed by atoms with Gasteiger partial charge in [-0.25, -0.2) is 14.4 Å². The molecule has 10 heteroatoms. The van der Waals surface area contributed by atoms with Crippen molar-refractivity contribution < 1.29 is 29.0 Å². The summed E-state index contributed by atoms with van der Waals surface area (Å²) in [7, 11) is 0. The van der Waals surface area contributed by atoms with E-state index >= 15 is 0 Å².